The van der Waals surface area contributed by atoms with E-state index in [1.165, 1.54) is 18.2 Å². The van der Waals surface area contributed by atoms with Gasteiger partial charge in [0.05, 0.1) is 21.2 Å². The lowest BCUT2D eigenvalue weighted by Gasteiger charge is -2.23. The molecule has 0 saturated heterocycles. The molecular formula is C17H16ClNO3S2. The topological polar surface area (TPSA) is 54.5 Å². The highest BCUT2D eigenvalue weighted by atomic mass is 35.5. The molecule has 0 aromatic heterocycles. The summed E-state index contributed by atoms with van der Waals surface area (Å²) in [6.07, 6.45) is 1.97. The van der Waals surface area contributed by atoms with E-state index in [4.69, 9.17) is 11.6 Å². The molecule has 24 heavy (non-hydrogen) atoms. The summed E-state index contributed by atoms with van der Waals surface area (Å²) in [7, 11) is -3.41. The Morgan fingerprint density at radius 1 is 1.21 bits per heavy atom. The van der Waals surface area contributed by atoms with E-state index in [1.54, 1.807) is 16.7 Å². The fourth-order valence-electron chi connectivity index (χ4n) is 2.58. The first kappa shape index (κ1) is 17.3. The number of halogens is 1. The average Bonchev–Trinajstić information content (AvgIpc) is 2.76. The van der Waals surface area contributed by atoms with Crippen molar-refractivity contribution in [2.75, 3.05) is 23.5 Å². The lowest BCUT2D eigenvalue weighted by atomic mass is 10.1. The zero-order chi connectivity index (χ0) is 17.3. The number of carbonyl (C=O) groups is 1. The highest BCUT2D eigenvalue weighted by molar-refractivity contribution is 7.99. The maximum absolute atomic E-state index is 13.1. The van der Waals surface area contributed by atoms with Gasteiger partial charge in [-0.15, -0.1) is 11.8 Å². The number of thioether (sulfide) groups is 1. The van der Waals surface area contributed by atoms with E-state index in [2.05, 4.69) is 0 Å². The highest BCUT2D eigenvalue weighted by Crippen LogP contribution is 2.35. The monoisotopic (exact) mass is 381 g/mol. The fourth-order valence-corrected chi connectivity index (χ4v) is 4.42. The molecular weight excluding hydrogens is 366 g/mol. The van der Waals surface area contributed by atoms with Crippen LogP contribution in [0.1, 0.15) is 16.8 Å². The van der Waals surface area contributed by atoms with Crippen molar-refractivity contribution in [3.8, 4) is 0 Å². The van der Waals surface area contributed by atoms with Crippen molar-refractivity contribution in [3.63, 3.8) is 0 Å². The molecule has 4 nitrogen and oxygen atoms in total. The second kappa shape index (κ2) is 6.78. The average molecular weight is 382 g/mol. The molecule has 1 aliphatic rings. The van der Waals surface area contributed by atoms with Crippen molar-refractivity contribution in [2.24, 2.45) is 0 Å². The first-order valence-electron chi connectivity index (χ1n) is 7.41. The lowest BCUT2D eigenvalue weighted by molar-refractivity contribution is 0.0986. The van der Waals surface area contributed by atoms with E-state index in [-0.39, 0.29) is 21.4 Å². The van der Waals surface area contributed by atoms with Crippen LogP contribution in [0.4, 0.5) is 5.69 Å². The standard InChI is InChI=1S/C17H16ClNO3S2/c1-24(21,22)12-7-8-14(18)13(11-12)17(20)19-9-4-10-23-16-6-3-2-5-15(16)19/h2-3,5-8,11H,4,9-10H2,1H3. The Hall–Kier alpha value is -1.50. The molecule has 0 saturated carbocycles. The van der Waals surface area contributed by atoms with Crippen molar-refractivity contribution < 1.29 is 13.2 Å². The lowest BCUT2D eigenvalue weighted by Crippen LogP contribution is -2.32. The Labute approximate surface area is 150 Å². The number of rotatable bonds is 2. The first-order valence-corrected chi connectivity index (χ1v) is 10.7. The van der Waals surface area contributed by atoms with E-state index in [0.717, 1.165) is 29.0 Å². The van der Waals surface area contributed by atoms with Gasteiger partial charge in [0.25, 0.3) is 5.91 Å². The second-order valence-electron chi connectivity index (χ2n) is 5.54. The highest BCUT2D eigenvalue weighted by Gasteiger charge is 2.25. The van der Waals surface area contributed by atoms with E-state index >= 15 is 0 Å². The minimum Gasteiger partial charge on any atom is -0.307 e. The van der Waals surface area contributed by atoms with Crippen molar-refractivity contribution in [1.82, 2.24) is 0 Å². The predicted molar refractivity (Wildman–Crippen MR) is 98.0 cm³/mol. The molecule has 2 aromatic rings. The second-order valence-corrected chi connectivity index (χ2v) is 9.10. The van der Waals surface area contributed by atoms with Crippen LogP contribution >= 0.6 is 23.4 Å². The van der Waals surface area contributed by atoms with Crippen LogP contribution < -0.4 is 4.90 Å². The summed E-state index contributed by atoms with van der Waals surface area (Å²) in [5, 5.41) is 0.252. The number of benzene rings is 2. The molecule has 2 aromatic carbocycles. The third-order valence-electron chi connectivity index (χ3n) is 3.78. The maximum atomic E-state index is 13.1. The number of nitrogens with zero attached hydrogens (tertiary/aromatic N) is 1. The molecule has 0 aliphatic carbocycles. The van der Waals surface area contributed by atoms with Crippen LogP contribution in [0.25, 0.3) is 0 Å². The van der Waals surface area contributed by atoms with Gasteiger partial charge < -0.3 is 4.90 Å². The molecule has 126 valence electrons. The van der Waals surface area contributed by atoms with E-state index < -0.39 is 9.84 Å². The third-order valence-corrected chi connectivity index (χ3v) is 6.37. The normalized spacial score (nSPS) is 14.8. The van der Waals surface area contributed by atoms with Crippen molar-refractivity contribution in [3.05, 3.63) is 53.1 Å². The summed E-state index contributed by atoms with van der Waals surface area (Å²) in [5.41, 5.74) is 1.05. The Kier molecular flexibility index (Phi) is 4.90. The van der Waals surface area contributed by atoms with Crippen LogP contribution in [0, 0.1) is 0 Å². The van der Waals surface area contributed by atoms with Crippen LogP contribution in [0.3, 0.4) is 0 Å². The minimum atomic E-state index is -3.41. The number of fused-ring (bicyclic) bond motifs is 1. The molecule has 0 bridgehead atoms. The predicted octanol–water partition coefficient (Wildman–Crippen LogP) is 3.89. The molecule has 0 fully saturated rings. The molecule has 3 rings (SSSR count). The number of hydrogen-bond donors (Lipinski definition) is 0. The van der Waals surface area contributed by atoms with E-state index in [9.17, 15) is 13.2 Å². The summed E-state index contributed by atoms with van der Waals surface area (Å²) in [6, 6.07) is 12.0. The molecule has 1 amide bonds. The van der Waals surface area contributed by atoms with Gasteiger partial charge in [-0.2, -0.15) is 0 Å². The smallest absolute Gasteiger partial charge is 0.259 e. The van der Waals surface area contributed by atoms with Gasteiger partial charge in [0.15, 0.2) is 9.84 Å². The fraction of sp³-hybridized carbons (Fsp3) is 0.235. The van der Waals surface area contributed by atoms with E-state index in [1.807, 2.05) is 24.3 Å². The Bertz CT molecular complexity index is 896. The van der Waals surface area contributed by atoms with Crippen LogP contribution in [0.2, 0.25) is 5.02 Å². The van der Waals surface area contributed by atoms with Gasteiger partial charge in [0.2, 0.25) is 0 Å². The zero-order valence-electron chi connectivity index (χ0n) is 13.0. The largest absolute Gasteiger partial charge is 0.307 e. The van der Waals surface area contributed by atoms with Gasteiger partial charge in [0.1, 0.15) is 0 Å². The molecule has 0 spiro atoms. The van der Waals surface area contributed by atoms with Crippen LogP contribution in [-0.4, -0.2) is 32.9 Å². The zero-order valence-corrected chi connectivity index (χ0v) is 15.4. The maximum Gasteiger partial charge on any atom is 0.259 e. The molecule has 0 radical (unpaired) electrons. The van der Waals surface area contributed by atoms with Crippen LogP contribution in [-0.2, 0) is 9.84 Å². The Morgan fingerprint density at radius 3 is 2.71 bits per heavy atom. The van der Waals surface area contributed by atoms with Crippen molar-refractivity contribution in [1.29, 1.82) is 0 Å². The quantitative estimate of drug-likeness (QED) is 0.792. The van der Waals surface area contributed by atoms with Crippen molar-refractivity contribution >= 4 is 44.8 Å². The Morgan fingerprint density at radius 2 is 1.96 bits per heavy atom. The molecule has 0 unspecified atom stereocenters. The summed E-state index contributed by atoms with van der Waals surface area (Å²) in [5.74, 6) is 0.651. The number of sulfone groups is 1. The van der Waals surface area contributed by atoms with Gasteiger partial charge in [-0.1, -0.05) is 23.7 Å². The molecule has 7 heteroatoms. The number of carbonyl (C=O) groups excluding carboxylic acids is 1. The number of para-hydroxylation sites is 1. The SMILES string of the molecule is CS(=O)(=O)c1ccc(Cl)c(C(=O)N2CCCSc3ccccc32)c1. The number of hydrogen-bond acceptors (Lipinski definition) is 4. The molecule has 0 N–H and O–H groups in total. The molecule has 1 heterocycles. The number of amides is 1. The van der Waals surface area contributed by atoms with Crippen LogP contribution in [0.15, 0.2) is 52.3 Å². The van der Waals surface area contributed by atoms with Gasteiger partial charge in [0, 0.05) is 17.7 Å². The first-order chi connectivity index (χ1) is 11.4. The third kappa shape index (κ3) is 3.45. The molecule has 1 aliphatic heterocycles. The summed E-state index contributed by atoms with van der Waals surface area (Å²) < 4.78 is 23.6. The van der Waals surface area contributed by atoms with Gasteiger partial charge in [-0.3, -0.25) is 4.79 Å². The van der Waals surface area contributed by atoms with Gasteiger partial charge in [-0.05, 0) is 42.5 Å². The minimum absolute atomic E-state index is 0.0905. The Balaban J connectivity index is 2.07. The summed E-state index contributed by atoms with van der Waals surface area (Å²) in [4.78, 5) is 15.9. The summed E-state index contributed by atoms with van der Waals surface area (Å²) >= 11 is 7.90. The van der Waals surface area contributed by atoms with Crippen LogP contribution in [0.5, 0.6) is 0 Å². The van der Waals surface area contributed by atoms with Gasteiger partial charge in [-0.25, -0.2) is 8.42 Å². The van der Waals surface area contributed by atoms with Gasteiger partial charge >= 0.3 is 0 Å². The van der Waals surface area contributed by atoms with E-state index in [0.29, 0.717) is 6.54 Å². The number of anilines is 1. The van der Waals surface area contributed by atoms with Crippen molar-refractivity contribution in [2.45, 2.75) is 16.2 Å². The molecule has 0 atom stereocenters. The summed E-state index contributed by atoms with van der Waals surface area (Å²) in [6.45, 7) is 0.572.